The molecule has 2 atom stereocenters. The van der Waals surface area contributed by atoms with Gasteiger partial charge < -0.3 is 19.7 Å². The van der Waals surface area contributed by atoms with Gasteiger partial charge in [-0.05, 0) is 50.4 Å². The number of hydrogen-bond acceptors (Lipinski definition) is 4. The molecular weight excluding hydrogens is 292 g/mol. The van der Waals surface area contributed by atoms with Crippen molar-refractivity contribution in [3.63, 3.8) is 0 Å². The molecule has 0 bridgehead atoms. The monoisotopic (exact) mass is 316 g/mol. The normalized spacial score (nSPS) is 27.0. The van der Waals surface area contributed by atoms with E-state index in [2.05, 4.69) is 10.2 Å². The van der Waals surface area contributed by atoms with Crippen LogP contribution in [0.4, 0.5) is 0 Å². The zero-order valence-corrected chi connectivity index (χ0v) is 13.4. The zero-order chi connectivity index (χ0) is 15.6. The van der Waals surface area contributed by atoms with E-state index in [0.29, 0.717) is 42.2 Å². The summed E-state index contributed by atoms with van der Waals surface area (Å²) in [5, 5.41) is 3.48. The molecule has 1 aromatic rings. The number of benzene rings is 1. The molecule has 2 fully saturated rings. The van der Waals surface area contributed by atoms with Gasteiger partial charge in [0.2, 0.25) is 0 Å². The molecule has 5 heteroatoms. The number of nitrogens with one attached hydrogen (secondary N) is 1. The number of carbonyl (C=O) groups excluding carboxylic acids is 1. The third kappa shape index (κ3) is 2.78. The minimum Gasteiger partial charge on any atom is -0.486 e. The van der Waals surface area contributed by atoms with E-state index >= 15 is 0 Å². The Bertz CT molecular complexity index is 590. The number of ether oxygens (including phenoxy) is 2. The Hall–Kier alpha value is -1.75. The van der Waals surface area contributed by atoms with Gasteiger partial charge in [0.25, 0.3) is 5.91 Å². The standard InChI is InChI=1S/C18H24N2O3/c21-18(14-5-3-6-16-17(14)23-11-10-22-16)20-9-2-1-4-13-12-19-8-7-15(13)20/h3,5-6,13,15,19H,1-2,4,7-12H2/t13-,15+/m0/s1. The number of fused-ring (bicyclic) bond motifs is 2. The van der Waals surface area contributed by atoms with Crippen molar-refractivity contribution in [1.29, 1.82) is 0 Å². The predicted molar refractivity (Wildman–Crippen MR) is 87.1 cm³/mol. The second-order valence-electron chi connectivity index (χ2n) is 6.64. The molecule has 5 nitrogen and oxygen atoms in total. The third-order valence-corrected chi connectivity index (χ3v) is 5.25. The Morgan fingerprint density at radius 2 is 2.09 bits per heavy atom. The molecule has 2 saturated heterocycles. The fourth-order valence-corrected chi connectivity index (χ4v) is 4.12. The van der Waals surface area contributed by atoms with Crippen molar-refractivity contribution in [2.45, 2.75) is 31.7 Å². The molecule has 3 aliphatic heterocycles. The number of nitrogens with zero attached hydrogens (tertiary/aromatic N) is 1. The minimum absolute atomic E-state index is 0.103. The van der Waals surface area contributed by atoms with Gasteiger partial charge in [-0.3, -0.25) is 4.79 Å². The molecule has 23 heavy (non-hydrogen) atoms. The van der Waals surface area contributed by atoms with Crippen LogP contribution in [0.5, 0.6) is 11.5 Å². The van der Waals surface area contributed by atoms with Crippen LogP contribution < -0.4 is 14.8 Å². The largest absolute Gasteiger partial charge is 0.486 e. The first kappa shape index (κ1) is 14.8. The summed E-state index contributed by atoms with van der Waals surface area (Å²) in [5.41, 5.74) is 0.654. The molecule has 4 rings (SSSR count). The maximum Gasteiger partial charge on any atom is 0.258 e. The van der Waals surface area contributed by atoms with Crippen LogP contribution in [-0.2, 0) is 0 Å². The molecule has 0 spiro atoms. The summed E-state index contributed by atoms with van der Waals surface area (Å²) in [4.78, 5) is 15.4. The van der Waals surface area contributed by atoms with Crippen molar-refractivity contribution in [3.05, 3.63) is 23.8 Å². The number of piperidine rings is 1. The van der Waals surface area contributed by atoms with E-state index in [1.165, 1.54) is 12.8 Å². The molecule has 0 radical (unpaired) electrons. The highest BCUT2D eigenvalue weighted by molar-refractivity contribution is 5.98. The summed E-state index contributed by atoms with van der Waals surface area (Å²) >= 11 is 0. The smallest absolute Gasteiger partial charge is 0.258 e. The van der Waals surface area contributed by atoms with Gasteiger partial charge in [0.1, 0.15) is 13.2 Å². The van der Waals surface area contributed by atoms with Gasteiger partial charge in [-0.1, -0.05) is 12.5 Å². The van der Waals surface area contributed by atoms with Crippen LogP contribution in [0, 0.1) is 5.92 Å². The van der Waals surface area contributed by atoms with Crippen LogP contribution in [0.15, 0.2) is 18.2 Å². The summed E-state index contributed by atoms with van der Waals surface area (Å²) in [6.45, 7) is 3.93. The van der Waals surface area contributed by atoms with Crippen LogP contribution in [0.1, 0.15) is 36.0 Å². The van der Waals surface area contributed by atoms with E-state index in [4.69, 9.17) is 9.47 Å². The topological polar surface area (TPSA) is 50.8 Å². The Labute approximate surface area is 136 Å². The van der Waals surface area contributed by atoms with Crippen LogP contribution in [0.2, 0.25) is 0 Å². The van der Waals surface area contributed by atoms with Gasteiger partial charge in [0, 0.05) is 12.6 Å². The second kappa shape index (κ2) is 6.40. The zero-order valence-electron chi connectivity index (χ0n) is 13.4. The van der Waals surface area contributed by atoms with Crippen LogP contribution >= 0.6 is 0 Å². The highest BCUT2D eigenvalue weighted by atomic mass is 16.6. The van der Waals surface area contributed by atoms with Crippen molar-refractivity contribution in [2.75, 3.05) is 32.8 Å². The predicted octanol–water partition coefficient (Wildman–Crippen LogP) is 2.06. The van der Waals surface area contributed by atoms with E-state index in [-0.39, 0.29) is 5.91 Å². The van der Waals surface area contributed by atoms with E-state index in [1.54, 1.807) is 0 Å². The Kier molecular flexibility index (Phi) is 4.12. The average molecular weight is 316 g/mol. The van der Waals surface area contributed by atoms with Crippen LogP contribution in [0.3, 0.4) is 0 Å². The molecule has 0 aromatic heterocycles. The van der Waals surface area contributed by atoms with Gasteiger partial charge in [-0.25, -0.2) is 0 Å². The van der Waals surface area contributed by atoms with E-state index in [9.17, 15) is 4.79 Å². The maximum absolute atomic E-state index is 13.2. The number of carbonyl (C=O) groups is 1. The molecule has 1 N–H and O–H groups in total. The number of hydrogen-bond donors (Lipinski definition) is 1. The number of likely N-dealkylation sites (tertiary alicyclic amines) is 1. The van der Waals surface area contributed by atoms with Crippen molar-refractivity contribution in [3.8, 4) is 11.5 Å². The second-order valence-corrected chi connectivity index (χ2v) is 6.64. The lowest BCUT2D eigenvalue weighted by molar-refractivity contribution is 0.0577. The lowest BCUT2D eigenvalue weighted by Crippen LogP contribution is -2.51. The van der Waals surface area contributed by atoms with Crippen molar-refractivity contribution >= 4 is 5.91 Å². The summed E-state index contributed by atoms with van der Waals surface area (Å²) in [6.07, 6.45) is 4.56. The molecule has 1 aromatic carbocycles. The molecule has 3 aliphatic rings. The highest BCUT2D eigenvalue weighted by Crippen LogP contribution is 2.36. The molecule has 0 aliphatic carbocycles. The number of amides is 1. The van der Waals surface area contributed by atoms with Crippen molar-refractivity contribution in [2.24, 2.45) is 5.92 Å². The van der Waals surface area contributed by atoms with Crippen molar-refractivity contribution in [1.82, 2.24) is 10.2 Å². The summed E-state index contributed by atoms with van der Waals surface area (Å²) in [6, 6.07) is 5.99. The van der Waals surface area contributed by atoms with E-state index < -0.39 is 0 Å². The summed E-state index contributed by atoms with van der Waals surface area (Å²) in [7, 11) is 0. The molecular formula is C18H24N2O3. The average Bonchev–Trinajstić information content (AvgIpc) is 2.83. The lowest BCUT2D eigenvalue weighted by Gasteiger charge is -2.39. The lowest BCUT2D eigenvalue weighted by atomic mass is 9.89. The molecule has 0 saturated carbocycles. The molecule has 1 amide bonds. The summed E-state index contributed by atoms with van der Waals surface area (Å²) < 4.78 is 11.4. The molecule has 0 unspecified atom stereocenters. The Balaban J connectivity index is 1.65. The van der Waals surface area contributed by atoms with Gasteiger partial charge in [0.15, 0.2) is 11.5 Å². The van der Waals surface area contributed by atoms with E-state index in [1.807, 2.05) is 18.2 Å². The van der Waals surface area contributed by atoms with Gasteiger partial charge in [-0.15, -0.1) is 0 Å². The van der Waals surface area contributed by atoms with Crippen LogP contribution in [0.25, 0.3) is 0 Å². The molecule has 3 heterocycles. The highest BCUT2D eigenvalue weighted by Gasteiger charge is 2.36. The summed E-state index contributed by atoms with van der Waals surface area (Å²) in [5.74, 6) is 2.00. The fourth-order valence-electron chi connectivity index (χ4n) is 4.12. The fraction of sp³-hybridized carbons (Fsp3) is 0.611. The number of rotatable bonds is 1. The Morgan fingerprint density at radius 1 is 1.17 bits per heavy atom. The molecule has 124 valence electrons. The first-order chi connectivity index (χ1) is 11.3. The van der Waals surface area contributed by atoms with Crippen LogP contribution in [-0.4, -0.2) is 49.7 Å². The SMILES string of the molecule is O=C(c1cccc2c1OCCO2)N1CCCC[C@H]2CNCC[C@H]21. The van der Waals surface area contributed by atoms with Crippen molar-refractivity contribution < 1.29 is 14.3 Å². The quantitative estimate of drug-likeness (QED) is 0.862. The van der Waals surface area contributed by atoms with Gasteiger partial charge in [0.05, 0.1) is 5.56 Å². The van der Waals surface area contributed by atoms with Gasteiger partial charge >= 0.3 is 0 Å². The first-order valence-corrected chi connectivity index (χ1v) is 8.75. The Morgan fingerprint density at radius 3 is 3.04 bits per heavy atom. The number of para-hydroxylation sites is 1. The first-order valence-electron chi connectivity index (χ1n) is 8.75. The maximum atomic E-state index is 13.2. The van der Waals surface area contributed by atoms with Gasteiger partial charge in [-0.2, -0.15) is 0 Å². The minimum atomic E-state index is 0.103. The van der Waals surface area contributed by atoms with E-state index in [0.717, 1.165) is 32.5 Å². The third-order valence-electron chi connectivity index (χ3n) is 5.25.